The summed E-state index contributed by atoms with van der Waals surface area (Å²) >= 11 is 6.12. The lowest BCUT2D eigenvalue weighted by Crippen LogP contribution is -2.29. The molecule has 0 saturated heterocycles. The van der Waals surface area contributed by atoms with E-state index in [0.717, 1.165) is 5.56 Å². The molecule has 94 valence electrons. The Balaban J connectivity index is 2.53. The molecule has 2 aromatic rings. The van der Waals surface area contributed by atoms with Crippen molar-refractivity contribution in [2.75, 3.05) is 0 Å². The van der Waals surface area contributed by atoms with Crippen LogP contribution in [0.4, 0.5) is 4.39 Å². The van der Waals surface area contributed by atoms with Crippen LogP contribution < -0.4 is 11.3 Å². The van der Waals surface area contributed by atoms with Crippen LogP contribution in [0.5, 0.6) is 0 Å². The van der Waals surface area contributed by atoms with Crippen LogP contribution in [0.3, 0.4) is 0 Å². The van der Waals surface area contributed by atoms with Gasteiger partial charge in [-0.1, -0.05) is 48.0 Å². The number of benzene rings is 2. The summed E-state index contributed by atoms with van der Waals surface area (Å²) in [7, 11) is 0. The number of hydrogen-bond donors (Lipinski definition) is 2. The van der Waals surface area contributed by atoms with Crippen molar-refractivity contribution in [2.24, 2.45) is 5.84 Å². The van der Waals surface area contributed by atoms with Crippen LogP contribution in [0.1, 0.15) is 22.7 Å². The molecule has 0 fully saturated rings. The molecule has 0 aliphatic heterocycles. The Morgan fingerprint density at radius 2 is 1.78 bits per heavy atom. The van der Waals surface area contributed by atoms with Crippen molar-refractivity contribution in [3.05, 3.63) is 70.0 Å². The number of nitrogens with two attached hydrogens (primary N) is 1. The molecule has 3 N–H and O–H groups in total. The van der Waals surface area contributed by atoms with E-state index < -0.39 is 6.04 Å². The van der Waals surface area contributed by atoms with E-state index in [1.807, 2.05) is 18.2 Å². The monoisotopic (exact) mass is 264 g/mol. The molecule has 0 amide bonds. The SMILES string of the molecule is Cc1cccc(C(NN)c2ccccc2Cl)c1F. The van der Waals surface area contributed by atoms with Gasteiger partial charge in [0, 0.05) is 10.6 Å². The van der Waals surface area contributed by atoms with Crippen LogP contribution in [-0.2, 0) is 0 Å². The summed E-state index contributed by atoms with van der Waals surface area (Å²) in [5, 5.41) is 0.557. The average Bonchev–Trinajstić information content (AvgIpc) is 2.37. The first kappa shape index (κ1) is 13.0. The second-order valence-electron chi connectivity index (χ2n) is 4.10. The molecule has 4 heteroatoms. The maximum absolute atomic E-state index is 14.1. The Kier molecular flexibility index (Phi) is 3.97. The zero-order valence-corrected chi connectivity index (χ0v) is 10.7. The predicted octanol–water partition coefficient (Wildman–Crippen LogP) is 3.34. The maximum Gasteiger partial charge on any atom is 0.131 e. The molecular formula is C14H14ClFN2. The van der Waals surface area contributed by atoms with Gasteiger partial charge in [-0.3, -0.25) is 5.84 Å². The topological polar surface area (TPSA) is 38.0 Å². The predicted molar refractivity (Wildman–Crippen MR) is 71.8 cm³/mol. The standard InChI is InChI=1S/C14H14ClFN2/c1-9-5-4-7-11(13(9)16)14(18-17)10-6-2-3-8-12(10)15/h2-8,14,18H,17H2,1H3. The summed E-state index contributed by atoms with van der Waals surface area (Å²) in [4.78, 5) is 0. The Morgan fingerprint density at radius 3 is 2.44 bits per heavy atom. The molecule has 0 heterocycles. The number of halogens is 2. The number of aryl methyl sites for hydroxylation is 1. The van der Waals surface area contributed by atoms with Gasteiger partial charge in [0.1, 0.15) is 5.82 Å². The molecule has 2 rings (SSSR count). The summed E-state index contributed by atoms with van der Waals surface area (Å²) in [5.74, 6) is 5.29. The smallest absolute Gasteiger partial charge is 0.131 e. The molecule has 1 atom stereocenters. The van der Waals surface area contributed by atoms with Crippen LogP contribution in [-0.4, -0.2) is 0 Å². The van der Waals surface area contributed by atoms with Crippen LogP contribution in [0.25, 0.3) is 0 Å². The zero-order chi connectivity index (χ0) is 13.1. The van der Waals surface area contributed by atoms with Crippen molar-refractivity contribution in [1.82, 2.24) is 5.43 Å². The van der Waals surface area contributed by atoms with Crippen molar-refractivity contribution < 1.29 is 4.39 Å². The lowest BCUT2D eigenvalue weighted by molar-refractivity contribution is 0.554. The van der Waals surface area contributed by atoms with Gasteiger partial charge < -0.3 is 0 Å². The Bertz CT molecular complexity index is 557. The van der Waals surface area contributed by atoms with Gasteiger partial charge >= 0.3 is 0 Å². The van der Waals surface area contributed by atoms with Crippen LogP contribution >= 0.6 is 11.6 Å². The number of nitrogens with one attached hydrogen (secondary N) is 1. The maximum atomic E-state index is 14.1. The minimum atomic E-state index is -0.460. The molecule has 0 bridgehead atoms. The fourth-order valence-electron chi connectivity index (χ4n) is 1.95. The number of hydrogen-bond acceptors (Lipinski definition) is 2. The summed E-state index contributed by atoms with van der Waals surface area (Å²) in [5.41, 5.74) is 4.45. The quantitative estimate of drug-likeness (QED) is 0.659. The second kappa shape index (κ2) is 5.48. The van der Waals surface area contributed by atoms with E-state index in [2.05, 4.69) is 5.43 Å². The van der Waals surface area contributed by atoms with Gasteiger partial charge in [0.25, 0.3) is 0 Å². The van der Waals surface area contributed by atoms with E-state index >= 15 is 0 Å². The first-order valence-corrected chi connectivity index (χ1v) is 5.98. The molecule has 2 aromatic carbocycles. The highest BCUT2D eigenvalue weighted by atomic mass is 35.5. The van der Waals surface area contributed by atoms with Gasteiger partial charge in [0.15, 0.2) is 0 Å². The van der Waals surface area contributed by atoms with Gasteiger partial charge in [-0.05, 0) is 24.1 Å². The third-order valence-electron chi connectivity index (χ3n) is 2.92. The van der Waals surface area contributed by atoms with E-state index in [9.17, 15) is 4.39 Å². The Hall–Kier alpha value is -1.42. The van der Waals surface area contributed by atoms with Crippen molar-refractivity contribution in [1.29, 1.82) is 0 Å². The number of rotatable bonds is 3. The third-order valence-corrected chi connectivity index (χ3v) is 3.26. The molecule has 0 spiro atoms. The van der Waals surface area contributed by atoms with Gasteiger partial charge in [0.05, 0.1) is 6.04 Å². The molecule has 18 heavy (non-hydrogen) atoms. The first-order chi connectivity index (χ1) is 8.65. The highest BCUT2D eigenvalue weighted by molar-refractivity contribution is 6.31. The van der Waals surface area contributed by atoms with E-state index in [0.29, 0.717) is 16.1 Å². The first-order valence-electron chi connectivity index (χ1n) is 5.60. The summed E-state index contributed by atoms with van der Waals surface area (Å²) in [6, 6.07) is 12.0. The fourth-order valence-corrected chi connectivity index (χ4v) is 2.19. The molecule has 1 unspecified atom stereocenters. The van der Waals surface area contributed by atoms with Gasteiger partial charge in [-0.2, -0.15) is 0 Å². The number of hydrazine groups is 1. The van der Waals surface area contributed by atoms with Gasteiger partial charge in [-0.25, -0.2) is 9.82 Å². The second-order valence-corrected chi connectivity index (χ2v) is 4.51. The minimum Gasteiger partial charge on any atom is -0.271 e. The normalized spacial score (nSPS) is 12.4. The molecule has 2 nitrogen and oxygen atoms in total. The summed E-state index contributed by atoms with van der Waals surface area (Å²) < 4.78 is 14.1. The lowest BCUT2D eigenvalue weighted by Gasteiger charge is -2.19. The van der Waals surface area contributed by atoms with Crippen molar-refractivity contribution >= 4 is 11.6 Å². The van der Waals surface area contributed by atoms with Crippen molar-refractivity contribution in [2.45, 2.75) is 13.0 Å². The van der Waals surface area contributed by atoms with Crippen molar-refractivity contribution in [3.63, 3.8) is 0 Å². The molecular weight excluding hydrogens is 251 g/mol. The molecule has 0 aromatic heterocycles. The van der Waals surface area contributed by atoms with E-state index in [1.165, 1.54) is 0 Å². The largest absolute Gasteiger partial charge is 0.271 e. The average molecular weight is 265 g/mol. The summed E-state index contributed by atoms with van der Waals surface area (Å²) in [6.45, 7) is 1.72. The van der Waals surface area contributed by atoms with Crippen molar-refractivity contribution in [3.8, 4) is 0 Å². The van der Waals surface area contributed by atoms with E-state index in [4.69, 9.17) is 17.4 Å². The van der Waals surface area contributed by atoms with Crippen LogP contribution in [0.15, 0.2) is 42.5 Å². The lowest BCUT2D eigenvalue weighted by atomic mass is 9.97. The minimum absolute atomic E-state index is 0.264. The molecule has 0 aliphatic rings. The molecule has 0 aliphatic carbocycles. The molecule has 0 saturated carbocycles. The highest BCUT2D eigenvalue weighted by Crippen LogP contribution is 2.29. The summed E-state index contributed by atoms with van der Waals surface area (Å²) in [6.07, 6.45) is 0. The van der Waals surface area contributed by atoms with E-state index in [-0.39, 0.29) is 5.82 Å². The third kappa shape index (κ3) is 2.38. The molecule has 0 radical (unpaired) electrons. The fraction of sp³-hybridized carbons (Fsp3) is 0.143. The highest BCUT2D eigenvalue weighted by Gasteiger charge is 2.19. The van der Waals surface area contributed by atoms with Gasteiger partial charge in [0.2, 0.25) is 0 Å². The van der Waals surface area contributed by atoms with Gasteiger partial charge in [-0.15, -0.1) is 0 Å². The zero-order valence-electron chi connectivity index (χ0n) is 9.95. The van der Waals surface area contributed by atoms with E-state index in [1.54, 1.807) is 31.2 Å². The Morgan fingerprint density at radius 1 is 1.11 bits per heavy atom. The Labute approximate surface area is 111 Å². The van der Waals surface area contributed by atoms with Crippen LogP contribution in [0.2, 0.25) is 5.02 Å². The van der Waals surface area contributed by atoms with Crippen LogP contribution in [0, 0.1) is 12.7 Å².